The van der Waals surface area contributed by atoms with E-state index in [0.29, 0.717) is 11.4 Å². The van der Waals surface area contributed by atoms with E-state index in [9.17, 15) is 14.4 Å². The maximum absolute atomic E-state index is 12.8. The molecule has 1 unspecified atom stereocenters. The number of alkyl carbamates (subject to hydrolysis) is 1. The van der Waals surface area contributed by atoms with E-state index in [4.69, 9.17) is 9.84 Å². The largest absolute Gasteiger partial charge is 0.481 e. The Bertz CT molecular complexity index is 1230. The van der Waals surface area contributed by atoms with E-state index in [-0.39, 0.29) is 31.3 Å². The normalized spacial score (nSPS) is 12.9. The molecule has 0 spiro atoms. The Labute approximate surface area is 201 Å². The van der Waals surface area contributed by atoms with E-state index in [1.807, 2.05) is 48.5 Å². The third-order valence-corrected chi connectivity index (χ3v) is 5.93. The van der Waals surface area contributed by atoms with E-state index in [1.165, 1.54) is 0 Å². The van der Waals surface area contributed by atoms with Crippen LogP contribution in [0.5, 0.6) is 0 Å². The first-order valence-electron chi connectivity index (χ1n) is 11.2. The zero-order valence-corrected chi connectivity index (χ0v) is 19.3. The van der Waals surface area contributed by atoms with Gasteiger partial charge in [-0.3, -0.25) is 14.9 Å². The fourth-order valence-corrected chi connectivity index (χ4v) is 4.03. The molecule has 10 nitrogen and oxygen atoms in total. The summed E-state index contributed by atoms with van der Waals surface area (Å²) in [6, 6.07) is 14.7. The number of ether oxygens (including phenoxy) is 1. The van der Waals surface area contributed by atoms with Gasteiger partial charge in [-0.15, -0.1) is 5.10 Å². The van der Waals surface area contributed by atoms with Crippen LogP contribution in [0.25, 0.3) is 11.1 Å². The molecule has 0 fully saturated rings. The van der Waals surface area contributed by atoms with Gasteiger partial charge in [0, 0.05) is 12.3 Å². The molecule has 0 aliphatic heterocycles. The summed E-state index contributed by atoms with van der Waals surface area (Å²) in [5.74, 6) is -1.94. The summed E-state index contributed by atoms with van der Waals surface area (Å²) in [6.07, 6.45) is -1.28. The number of nitrogens with zero attached hydrogens (tertiary/aromatic N) is 3. The SMILES string of the molecule is Cc1nnc(NC(=O)C(CCC(=O)O)NC(=O)OCC2c3ccccc3-c3ccccc32)nc1C. The average Bonchev–Trinajstić information content (AvgIpc) is 3.16. The number of aryl methyl sites for hydroxylation is 2. The minimum absolute atomic E-state index is 0.0345. The maximum Gasteiger partial charge on any atom is 0.407 e. The number of aliphatic carboxylic acids is 1. The van der Waals surface area contributed by atoms with Gasteiger partial charge in [-0.05, 0) is 42.5 Å². The van der Waals surface area contributed by atoms with Gasteiger partial charge in [-0.1, -0.05) is 48.5 Å². The van der Waals surface area contributed by atoms with Gasteiger partial charge < -0.3 is 15.2 Å². The van der Waals surface area contributed by atoms with Crippen LogP contribution in [-0.4, -0.2) is 50.9 Å². The number of rotatable bonds is 8. The summed E-state index contributed by atoms with van der Waals surface area (Å²) >= 11 is 0. The molecule has 2 amide bonds. The molecule has 0 saturated carbocycles. The molecule has 10 heteroatoms. The molecule has 1 heterocycles. The fourth-order valence-electron chi connectivity index (χ4n) is 4.03. The van der Waals surface area contributed by atoms with Crippen molar-refractivity contribution in [1.82, 2.24) is 20.5 Å². The van der Waals surface area contributed by atoms with Crippen molar-refractivity contribution in [3.05, 3.63) is 71.0 Å². The number of hydrogen-bond donors (Lipinski definition) is 3. The van der Waals surface area contributed by atoms with Crippen molar-refractivity contribution in [1.29, 1.82) is 0 Å². The Morgan fingerprint density at radius 3 is 2.20 bits per heavy atom. The Hall–Kier alpha value is -4.34. The molecular formula is C25H25N5O5. The van der Waals surface area contributed by atoms with Gasteiger partial charge in [0.1, 0.15) is 12.6 Å². The molecule has 35 heavy (non-hydrogen) atoms. The third-order valence-electron chi connectivity index (χ3n) is 5.93. The molecule has 3 aromatic rings. The molecule has 1 aromatic heterocycles. The Morgan fingerprint density at radius 2 is 1.60 bits per heavy atom. The lowest BCUT2D eigenvalue weighted by Gasteiger charge is -2.19. The van der Waals surface area contributed by atoms with Crippen molar-refractivity contribution in [3.8, 4) is 11.1 Å². The second kappa shape index (κ2) is 10.3. The number of carbonyl (C=O) groups excluding carboxylic acids is 2. The quantitative estimate of drug-likeness (QED) is 0.451. The summed E-state index contributed by atoms with van der Waals surface area (Å²) in [7, 11) is 0. The summed E-state index contributed by atoms with van der Waals surface area (Å²) in [4.78, 5) is 40.6. The molecule has 4 rings (SSSR count). The van der Waals surface area contributed by atoms with Crippen LogP contribution in [-0.2, 0) is 14.3 Å². The van der Waals surface area contributed by atoms with E-state index < -0.39 is 24.0 Å². The molecule has 0 saturated heterocycles. The standard InChI is InChI=1S/C25H25N5O5/c1-14-15(2)29-30-24(26-14)28-23(33)21(11-12-22(31)32)27-25(34)35-13-20-18-9-5-3-7-16(18)17-8-4-6-10-19(17)20/h3-10,20-21H,11-13H2,1-2H3,(H,27,34)(H,31,32)(H,26,28,30,33). The molecule has 0 radical (unpaired) electrons. The topological polar surface area (TPSA) is 143 Å². The third kappa shape index (κ3) is 5.43. The molecule has 3 N–H and O–H groups in total. The number of benzene rings is 2. The second-order valence-corrected chi connectivity index (χ2v) is 8.25. The predicted molar refractivity (Wildman–Crippen MR) is 127 cm³/mol. The monoisotopic (exact) mass is 475 g/mol. The Kier molecular flexibility index (Phi) is 7.00. The highest BCUT2D eigenvalue weighted by Gasteiger charge is 2.30. The molecule has 1 atom stereocenters. The number of fused-ring (bicyclic) bond motifs is 3. The molecule has 1 aliphatic rings. The van der Waals surface area contributed by atoms with E-state index in [2.05, 4.69) is 25.8 Å². The lowest BCUT2D eigenvalue weighted by molar-refractivity contribution is -0.137. The number of carboxylic acid groups (broad SMARTS) is 1. The zero-order valence-electron chi connectivity index (χ0n) is 19.3. The van der Waals surface area contributed by atoms with Gasteiger partial charge in [0.25, 0.3) is 0 Å². The summed E-state index contributed by atoms with van der Waals surface area (Å²) in [5, 5.41) is 21.7. The van der Waals surface area contributed by atoms with Crippen molar-refractivity contribution < 1.29 is 24.2 Å². The smallest absolute Gasteiger partial charge is 0.407 e. The first-order valence-corrected chi connectivity index (χ1v) is 11.2. The number of carboxylic acids is 1. The molecular weight excluding hydrogens is 450 g/mol. The van der Waals surface area contributed by atoms with Crippen LogP contribution in [0.3, 0.4) is 0 Å². The number of amides is 2. The first-order chi connectivity index (χ1) is 16.8. The molecule has 180 valence electrons. The van der Waals surface area contributed by atoms with Crippen molar-refractivity contribution in [2.75, 3.05) is 11.9 Å². The second-order valence-electron chi connectivity index (χ2n) is 8.25. The van der Waals surface area contributed by atoms with Crippen LogP contribution >= 0.6 is 0 Å². The van der Waals surface area contributed by atoms with Crippen molar-refractivity contribution in [2.24, 2.45) is 0 Å². The molecule has 2 aromatic carbocycles. The highest BCUT2D eigenvalue weighted by molar-refractivity contribution is 5.95. The first kappa shape index (κ1) is 23.8. The van der Waals surface area contributed by atoms with Gasteiger partial charge in [0.2, 0.25) is 11.9 Å². The molecule has 1 aliphatic carbocycles. The number of nitrogens with one attached hydrogen (secondary N) is 2. The van der Waals surface area contributed by atoms with Gasteiger partial charge in [0.05, 0.1) is 11.4 Å². The number of carbonyl (C=O) groups is 3. The van der Waals surface area contributed by atoms with E-state index >= 15 is 0 Å². The van der Waals surface area contributed by atoms with Crippen LogP contribution in [0.15, 0.2) is 48.5 Å². The minimum atomic E-state index is -1.16. The van der Waals surface area contributed by atoms with Crippen LogP contribution in [0, 0.1) is 13.8 Å². The highest BCUT2D eigenvalue weighted by Crippen LogP contribution is 2.44. The fraction of sp³-hybridized carbons (Fsp3) is 0.280. The van der Waals surface area contributed by atoms with Crippen LogP contribution in [0.2, 0.25) is 0 Å². The maximum atomic E-state index is 12.8. The van der Waals surface area contributed by atoms with Gasteiger partial charge in [-0.2, -0.15) is 5.10 Å². The number of aromatic nitrogens is 3. The van der Waals surface area contributed by atoms with E-state index in [1.54, 1.807) is 13.8 Å². The van der Waals surface area contributed by atoms with Crippen molar-refractivity contribution in [3.63, 3.8) is 0 Å². The predicted octanol–water partition coefficient (Wildman–Crippen LogP) is 3.20. The van der Waals surface area contributed by atoms with Crippen molar-refractivity contribution in [2.45, 2.75) is 38.6 Å². The number of anilines is 1. The molecule has 0 bridgehead atoms. The van der Waals surface area contributed by atoms with Crippen LogP contribution in [0.1, 0.15) is 41.3 Å². The summed E-state index contributed by atoms with van der Waals surface area (Å²) < 4.78 is 5.49. The lowest BCUT2D eigenvalue weighted by atomic mass is 9.98. The summed E-state index contributed by atoms with van der Waals surface area (Å²) in [6.45, 7) is 3.52. The van der Waals surface area contributed by atoms with Gasteiger partial charge in [0.15, 0.2) is 0 Å². The highest BCUT2D eigenvalue weighted by atomic mass is 16.5. The lowest BCUT2D eigenvalue weighted by Crippen LogP contribution is -2.44. The van der Waals surface area contributed by atoms with Crippen molar-refractivity contribution >= 4 is 23.9 Å². The van der Waals surface area contributed by atoms with Gasteiger partial charge >= 0.3 is 12.1 Å². The van der Waals surface area contributed by atoms with Gasteiger partial charge in [-0.25, -0.2) is 9.78 Å². The zero-order chi connectivity index (χ0) is 24.9. The summed E-state index contributed by atoms with van der Waals surface area (Å²) in [5.41, 5.74) is 5.50. The number of hydrogen-bond acceptors (Lipinski definition) is 7. The minimum Gasteiger partial charge on any atom is -0.481 e. The Balaban J connectivity index is 1.43. The Morgan fingerprint density at radius 1 is 0.971 bits per heavy atom. The van der Waals surface area contributed by atoms with E-state index in [0.717, 1.165) is 22.3 Å². The van der Waals surface area contributed by atoms with Crippen LogP contribution in [0.4, 0.5) is 10.7 Å². The van der Waals surface area contributed by atoms with Crippen LogP contribution < -0.4 is 10.6 Å². The average molecular weight is 476 g/mol.